The fourth-order valence-corrected chi connectivity index (χ4v) is 0. The van der Waals surface area contributed by atoms with Gasteiger partial charge in [0.05, 0.1) is 0 Å². The van der Waals surface area contributed by atoms with Gasteiger partial charge in [-0.3, -0.25) is 0 Å². The monoisotopic (exact) mass is 135 g/mol. The van der Waals surface area contributed by atoms with E-state index in [1.54, 1.807) is 0 Å². The van der Waals surface area contributed by atoms with Gasteiger partial charge in [0.1, 0.15) is 0 Å². The summed E-state index contributed by atoms with van der Waals surface area (Å²) in [6.45, 7) is 0. The average molecular weight is 135 g/mol. The topological polar surface area (TPSA) is 0 Å². The van der Waals surface area contributed by atoms with E-state index in [2.05, 4.69) is 0 Å². The number of hydrogen-bond acceptors (Lipinski definition) is 0. The molecule has 0 aliphatic rings. The first kappa shape index (κ1) is 9.71. The van der Waals surface area contributed by atoms with Crippen LogP contribution >= 0.6 is 0 Å². The maximum Gasteiger partial charge on any atom is 0.673 e. The Morgan fingerprint density at radius 2 is 0.833 bits per heavy atom. The van der Waals surface area contributed by atoms with E-state index in [9.17, 15) is 17.3 Å². The van der Waals surface area contributed by atoms with Crippen LogP contribution in [0.5, 0.6) is 0 Å². The predicted molar refractivity (Wildman–Crippen MR) is 10.2 cm³/mol. The summed E-state index contributed by atoms with van der Waals surface area (Å²) >= 11 is 0. The molecule has 0 fully saturated rings. The van der Waals surface area contributed by atoms with Crippen LogP contribution in [0.25, 0.3) is 0 Å². The van der Waals surface area contributed by atoms with Crippen LogP contribution in [0.1, 0.15) is 0 Å². The van der Waals surface area contributed by atoms with E-state index >= 15 is 0 Å². The van der Waals surface area contributed by atoms with E-state index in [0.717, 1.165) is 0 Å². The zero-order valence-electron chi connectivity index (χ0n) is 2.59. The Morgan fingerprint density at radius 1 is 0.833 bits per heavy atom. The standard InChI is InChI=1S/BF4.Ti/c2-1(3,4)5;/q-1;. The molecule has 0 atom stereocenters. The first-order chi connectivity index (χ1) is 2.00. The van der Waals surface area contributed by atoms with Crippen LogP contribution in [0.2, 0.25) is 0 Å². The van der Waals surface area contributed by atoms with E-state index < -0.39 is 7.25 Å². The number of halogens is 4. The molecule has 0 aromatic rings. The average Bonchev–Trinajstić information content (AvgIpc) is 0.722. The van der Waals surface area contributed by atoms with Gasteiger partial charge in [0.15, 0.2) is 0 Å². The largest absolute Gasteiger partial charge is 0.673 e. The van der Waals surface area contributed by atoms with E-state index in [4.69, 9.17) is 0 Å². The third kappa shape index (κ3) is 221. The van der Waals surface area contributed by atoms with Gasteiger partial charge < -0.3 is 17.3 Å². The summed E-state index contributed by atoms with van der Waals surface area (Å²) < 4.78 is 39.0. The molecule has 0 aliphatic heterocycles. The molecule has 0 radical (unpaired) electrons. The summed E-state index contributed by atoms with van der Waals surface area (Å²) in [5.41, 5.74) is 0. The minimum Gasteiger partial charge on any atom is -0.418 e. The van der Waals surface area contributed by atoms with Gasteiger partial charge in [-0.2, -0.15) is 0 Å². The summed E-state index contributed by atoms with van der Waals surface area (Å²) in [5, 5.41) is 0. The maximum atomic E-state index is 9.75. The number of rotatable bonds is 0. The van der Waals surface area contributed by atoms with E-state index in [0.29, 0.717) is 0 Å². The van der Waals surface area contributed by atoms with Crippen molar-refractivity contribution in [1.29, 1.82) is 0 Å². The molecule has 0 aromatic heterocycles. The van der Waals surface area contributed by atoms with Gasteiger partial charge in [0, 0.05) is 21.7 Å². The molecule has 0 N–H and O–H groups in total. The summed E-state index contributed by atoms with van der Waals surface area (Å²) in [5.74, 6) is 0. The molecule has 0 bridgehead atoms. The SMILES string of the molecule is F[B-](F)(F)F.[Ti]. The van der Waals surface area contributed by atoms with E-state index in [1.165, 1.54) is 0 Å². The Kier molecular flexibility index (Phi) is 4.26. The van der Waals surface area contributed by atoms with Crippen LogP contribution in [-0.2, 0) is 21.7 Å². The van der Waals surface area contributed by atoms with Gasteiger partial charge in [0.2, 0.25) is 0 Å². The second kappa shape index (κ2) is 2.64. The van der Waals surface area contributed by atoms with E-state index in [-0.39, 0.29) is 21.7 Å². The predicted octanol–water partition coefficient (Wildman–Crippen LogP) is 1.30. The third-order valence-electron chi connectivity index (χ3n) is 0. The van der Waals surface area contributed by atoms with Gasteiger partial charge in [-0.15, -0.1) is 0 Å². The molecule has 0 heterocycles. The second-order valence-corrected chi connectivity index (χ2v) is 0.495. The fraction of sp³-hybridized carbons (Fsp3) is 0. The fourth-order valence-electron chi connectivity index (χ4n) is 0. The van der Waals surface area contributed by atoms with Crippen LogP contribution < -0.4 is 0 Å². The molecular weight excluding hydrogens is 135 g/mol. The third-order valence-corrected chi connectivity index (χ3v) is 0. The first-order valence-corrected chi connectivity index (χ1v) is 0.873. The minimum atomic E-state index is -6.00. The Balaban J connectivity index is 0. The van der Waals surface area contributed by atoms with Crippen molar-refractivity contribution in [2.45, 2.75) is 0 Å². The van der Waals surface area contributed by atoms with Crippen molar-refractivity contribution in [3.8, 4) is 0 Å². The molecule has 6 heavy (non-hydrogen) atoms. The zero-order chi connectivity index (χ0) is 4.50. The molecule has 0 nitrogen and oxygen atoms in total. The van der Waals surface area contributed by atoms with Gasteiger partial charge >= 0.3 is 7.25 Å². The smallest absolute Gasteiger partial charge is 0.418 e. The van der Waals surface area contributed by atoms with Crippen LogP contribution in [0.4, 0.5) is 17.3 Å². The molecule has 36 valence electrons. The van der Waals surface area contributed by atoms with Crippen LogP contribution in [0, 0.1) is 0 Å². The second-order valence-electron chi connectivity index (χ2n) is 0.495. The van der Waals surface area contributed by atoms with Gasteiger partial charge in [-0.05, 0) is 0 Å². The van der Waals surface area contributed by atoms with Crippen molar-refractivity contribution in [3.05, 3.63) is 0 Å². The molecule has 0 amide bonds. The zero-order valence-corrected chi connectivity index (χ0v) is 4.15. The molecule has 0 rings (SSSR count). The Morgan fingerprint density at radius 3 is 0.833 bits per heavy atom. The van der Waals surface area contributed by atoms with Crippen molar-refractivity contribution in [2.75, 3.05) is 0 Å². The van der Waals surface area contributed by atoms with Gasteiger partial charge in [0.25, 0.3) is 0 Å². The molecule has 0 saturated carbocycles. The molecule has 0 spiro atoms. The molecular formula is BF4Ti-. The van der Waals surface area contributed by atoms with Crippen molar-refractivity contribution in [1.82, 2.24) is 0 Å². The minimum absolute atomic E-state index is 0. The Labute approximate surface area is 46.9 Å². The first-order valence-electron chi connectivity index (χ1n) is 0.873. The summed E-state index contributed by atoms with van der Waals surface area (Å²) in [4.78, 5) is 0. The van der Waals surface area contributed by atoms with Gasteiger partial charge in [-0.1, -0.05) is 0 Å². The van der Waals surface area contributed by atoms with Crippen LogP contribution in [0.3, 0.4) is 0 Å². The molecule has 0 unspecified atom stereocenters. The quantitative estimate of drug-likeness (QED) is 0.346. The van der Waals surface area contributed by atoms with E-state index in [1.807, 2.05) is 0 Å². The number of hydrogen-bond donors (Lipinski definition) is 0. The maximum absolute atomic E-state index is 9.75. The summed E-state index contributed by atoms with van der Waals surface area (Å²) in [6, 6.07) is 0. The van der Waals surface area contributed by atoms with Crippen molar-refractivity contribution in [2.24, 2.45) is 0 Å². The van der Waals surface area contributed by atoms with Gasteiger partial charge in [-0.25, -0.2) is 0 Å². The van der Waals surface area contributed by atoms with Crippen LogP contribution in [0.15, 0.2) is 0 Å². The normalized spacial score (nSPS) is 10.0. The summed E-state index contributed by atoms with van der Waals surface area (Å²) in [7, 11) is -6.00. The Bertz CT molecular complexity index is 23.0. The van der Waals surface area contributed by atoms with Crippen molar-refractivity contribution < 1.29 is 39.0 Å². The molecule has 0 aromatic carbocycles. The van der Waals surface area contributed by atoms with Crippen molar-refractivity contribution in [3.63, 3.8) is 0 Å². The molecule has 0 aliphatic carbocycles. The molecule has 6 heteroatoms. The van der Waals surface area contributed by atoms with Crippen molar-refractivity contribution >= 4 is 7.25 Å². The molecule has 0 saturated heterocycles. The Hall–Kier alpha value is 0.499. The van der Waals surface area contributed by atoms with Crippen LogP contribution in [-0.4, -0.2) is 7.25 Å². The summed E-state index contributed by atoms with van der Waals surface area (Å²) in [6.07, 6.45) is 0.